The molecule has 68 valence electrons. The van der Waals surface area contributed by atoms with Crippen molar-refractivity contribution in [2.45, 2.75) is 4.90 Å². The first-order valence-electron chi connectivity index (χ1n) is 3.45. The van der Waals surface area contributed by atoms with Gasteiger partial charge >= 0.3 is 0 Å². The van der Waals surface area contributed by atoms with Gasteiger partial charge in [0, 0.05) is 19.7 Å². The van der Waals surface area contributed by atoms with Crippen LogP contribution >= 0.6 is 0 Å². The van der Waals surface area contributed by atoms with Crippen LogP contribution in [0.15, 0.2) is 33.7 Å². The molecule has 5 nitrogen and oxygen atoms in total. The van der Waals surface area contributed by atoms with E-state index in [1.807, 2.05) is 0 Å². The SMILES string of the molecule is [N-]=[N+]=NS(=O)(=O)c1ccccc1[SiH3]. The van der Waals surface area contributed by atoms with E-state index >= 15 is 0 Å². The number of azide groups is 1. The Hall–Kier alpha value is -1.30. The molecule has 0 fully saturated rings. The summed E-state index contributed by atoms with van der Waals surface area (Å²) in [6.07, 6.45) is 0. The molecule has 0 radical (unpaired) electrons. The van der Waals surface area contributed by atoms with E-state index in [0.717, 1.165) is 0 Å². The highest BCUT2D eigenvalue weighted by Crippen LogP contribution is 2.08. The molecule has 1 aromatic rings. The van der Waals surface area contributed by atoms with E-state index in [4.69, 9.17) is 5.53 Å². The van der Waals surface area contributed by atoms with Gasteiger partial charge in [-0.25, -0.2) is 8.42 Å². The Balaban J connectivity index is 3.39. The van der Waals surface area contributed by atoms with E-state index in [1.165, 1.54) is 6.07 Å². The zero-order valence-electron chi connectivity index (χ0n) is 6.88. The molecule has 0 bridgehead atoms. The van der Waals surface area contributed by atoms with Crippen molar-refractivity contribution in [2.75, 3.05) is 0 Å². The molecular formula is C6H7N3O2SSi. The monoisotopic (exact) mass is 213 g/mol. The summed E-state index contributed by atoms with van der Waals surface area (Å²) in [4.78, 5) is 2.39. The lowest BCUT2D eigenvalue weighted by Crippen LogP contribution is -2.13. The summed E-state index contributed by atoms with van der Waals surface area (Å²) < 4.78 is 25.3. The predicted octanol–water partition coefficient (Wildman–Crippen LogP) is -0.324. The van der Waals surface area contributed by atoms with Crippen molar-refractivity contribution in [1.29, 1.82) is 0 Å². The van der Waals surface area contributed by atoms with Gasteiger partial charge in [0.2, 0.25) is 0 Å². The zero-order chi connectivity index (χ0) is 9.90. The average molecular weight is 213 g/mol. The third-order valence-electron chi connectivity index (χ3n) is 1.52. The van der Waals surface area contributed by atoms with Crippen molar-refractivity contribution in [3.05, 3.63) is 34.7 Å². The van der Waals surface area contributed by atoms with E-state index in [2.05, 4.69) is 9.43 Å². The van der Waals surface area contributed by atoms with Crippen LogP contribution in [0.1, 0.15) is 0 Å². The Morgan fingerprint density at radius 2 is 2.00 bits per heavy atom. The van der Waals surface area contributed by atoms with Gasteiger partial charge in [0.05, 0.1) is 4.90 Å². The topological polar surface area (TPSA) is 82.9 Å². The fourth-order valence-electron chi connectivity index (χ4n) is 0.938. The maximum atomic E-state index is 11.3. The minimum absolute atomic E-state index is 0.111. The molecule has 13 heavy (non-hydrogen) atoms. The Morgan fingerprint density at radius 3 is 2.54 bits per heavy atom. The van der Waals surface area contributed by atoms with Gasteiger partial charge in [-0.1, -0.05) is 23.4 Å². The molecule has 0 heterocycles. The van der Waals surface area contributed by atoms with Crippen LogP contribution in [-0.2, 0) is 10.0 Å². The fourth-order valence-corrected chi connectivity index (χ4v) is 2.98. The van der Waals surface area contributed by atoms with Crippen LogP contribution in [0.25, 0.3) is 10.4 Å². The Bertz CT molecular complexity index is 465. The standard InChI is InChI=1S/C6H7N3O2SSi/c7-8-9-12(10,11)5-3-1-2-4-6(5)13/h1-4H,13H3. The second-order valence-corrected chi connectivity index (χ2v) is 5.04. The third kappa shape index (κ3) is 2.09. The molecule has 0 saturated heterocycles. The summed E-state index contributed by atoms with van der Waals surface area (Å²) in [6.45, 7) is 0. The molecule has 0 unspecified atom stereocenters. The van der Waals surface area contributed by atoms with E-state index in [0.29, 0.717) is 15.4 Å². The molecule has 1 aromatic carbocycles. The lowest BCUT2D eigenvalue weighted by molar-refractivity contribution is 0.598. The van der Waals surface area contributed by atoms with Gasteiger partial charge in [-0.05, 0) is 11.6 Å². The second-order valence-electron chi connectivity index (χ2n) is 2.41. The molecule has 0 atom stereocenters. The van der Waals surface area contributed by atoms with Crippen LogP contribution in [0, 0.1) is 0 Å². The van der Waals surface area contributed by atoms with Crippen LogP contribution in [0.3, 0.4) is 0 Å². The van der Waals surface area contributed by atoms with Crippen molar-refractivity contribution in [2.24, 2.45) is 4.52 Å². The van der Waals surface area contributed by atoms with Gasteiger partial charge in [0.15, 0.2) is 0 Å². The molecule has 0 aromatic heterocycles. The number of benzene rings is 1. The molecule has 0 aliphatic heterocycles. The van der Waals surface area contributed by atoms with Gasteiger partial charge in [0.25, 0.3) is 10.0 Å². The highest BCUT2D eigenvalue weighted by molar-refractivity contribution is 7.90. The zero-order valence-corrected chi connectivity index (χ0v) is 9.69. The number of hydrogen-bond acceptors (Lipinski definition) is 2. The molecule has 1 rings (SSSR count). The number of hydrogen-bond donors (Lipinski definition) is 0. The molecule has 0 saturated carbocycles. The summed E-state index contributed by atoms with van der Waals surface area (Å²) >= 11 is 0. The van der Waals surface area contributed by atoms with Crippen LogP contribution in [0.4, 0.5) is 0 Å². The molecule has 0 spiro atoms. The van der Waals surface area contributed by atoms with Gasteiger partial charge in [0.1, 0.15) is 0 Å². The first-order valence-corrected chi connectivity index (χ1v) is 5.89. The summed E-state index contributed by atoms with van der Waals surface area (Å²) in [5.41, 5.74) is 8.04. The van der Waals surface area contributed by atoms with Crippen molar-refractivity contribution < 1.29 is 8.42 Å². The number of nitrogens with zero attached hydrogens (tertiary/aromatic N) is 3. The molecule has 0 N–H and O–H groups in total. The fraction of sp³-hybridized carbons (Fsp3) is 0. The van der Waals surface area contributed by atoms with Crippen molar-refractivity contribution >= 4 is 25.5 Å². The average Bonchev–Trinajstić information content (AvgIpc) is 2.04. The maximum absolute atomic E-state index is 11.3. The predicted molar refractivity (Wildman–Crippen MR) is 52.3 cm³/mol. The van der Waals surface area contributed by atoms with E-state index in [-0.39, 0.29) is 4.90 Å². The molecule has 7 heteroatoms. The smallest absolute Gasteiger partial charge is 0.216 e. The Labute approximate surface area is 78.5 Å². The first kappa shape index (κ1) is 9.78. The quantitative estimate of drug-likeness (QED) is 0.292. The maximum Gasteiger partial charge on any atom is 0.264 e. The van der Waals surface area contributed by atoms with Gasteiger partial charge in [-0.3, -0.25) is 0 Å². The van der Waals surface area contributed by atoms with Gasteiger partial charge < -0.3 is 0 Å². The van der Waals surface area contributed by atoms with E-state index in [9.17, 15) is 8.42 Å². The Kier molecular flexibility index (Phi) is 2.71. The van der Waals surface area contributed by atoms with Crippen LogP contribution < -0.4 is 5.19 Å². The van der Waals surface area contributed by atoms with Crippen molar-refractivity contribution in [3.8, 4) is 0 Å². The first-order chi connectivity index (χ1) is 6.08. The minimum Gasteiger partial charge on any atom is -0.216 e. The molecule has 0 amide bonds. The third-order valence-corrected chi connectivity index (χ3v) is 4.05. The normalized spacial score (nSPS) is 10.8. The Morgan fingerprint density at radius 1 is 1.38 bits per heavy atom. The van der Waals surface area contributed by atoms with Gasteiger partial charge in [-0.2, -0.15) is 0 Å². The lowest BCUT2D eigenvalue weighted by atomic mass is 10.4. The summed E-state index contributed by atoms with van der Waals surface area (Å²) in [5, 5.41) is 0.704. The van der Waals surface area contributed by atoms with Gasteiger partial charge in [-0.15, -0.1) is 0 Å². The lowest BCUT2D eigenvalue weighted by Gasteiger charge is -2.00. The number of sulfonamides is 1. The molecular weight excluding hydrogens is 206 g/mol. The summed E-state index contributed by atoms with van der Waals surface area (Å²) in [6, 6.07) is 6.48. The largest absolute Gasteiger partial charge is 0.264 e. The van der Waals surface area contributed by atoms with Crippen LogP contribution in [-0.4, -0.2) is 18.7 Å². The van der Waals surface area contributed by atoms with E-state index < -0.39 is 10.0 Å². The highest BCUT2D eigenvalue weighted by Gasteiger charge is 2.13. The number of rotatable bonds is 2. The second kappa shape index (κ2) is 3.61. The summed E-state index contributed by atoms with van der Waals surface area (Å²) in [7, 11) is -3.20. The minimum atomic E-state index is -3.80. The van der Waals surface area contributed by atoms with Crippen molar-refractivity contribution in [3.63, 3.8) is 0 Å². The van der Waals surface area contributed by atoms with Crippen LogP contribution in [0.5, 0.6) is 0 Å². The molecule has 0 aliphatic rings. The summed E-state index contributed by atoms with van der Waals surface area (Å²) in [5.74, 6) is 0. The molecule has 0 aliphatic carbocycles. The van der Waals surface area contributed by atoms with E-state index in [1.54, 1.807) is 18.2 Å². The van der Waals surface area contributed by atoms with Crippen molar-refractivity contribution in [1.82, 2.24) is 0 Å². The van der Waals surface area contributed by atoms with Crippen LogP contribution in [0.2, 0.25) is 0 Å². The highest BCUT2D eigenvalue weighted by atomic mass is 32.2.